The molecule has 2 aliphatic heterocycles. The van der Waals surface area contributed by atoms with Crippen molar-refractivity contribution in [2.75, 3.05) is 13.2 Å². The van der Waals surface area contributed by atoms with Crippen LogP contribution in [0.2, 0.25) is 0 Å². The predicted octanol–water partition coefficient (Wildman–Crippen LogP) is -0.497. The number of hydrogen-bond acceptors (Lipinski definition) is 4. The van der Waals surface area contributed by atoms with E-state index >= 15 is 0 Å². The van der Waals surface area contributed by atoms with Crippen molar-refractivity contribution >= 4 is 11.8 Å². The minimum absolute atomic E-state index is 0.0207. The molecule has 7 heteroatoms. The fourth-order valence-electron chi connectivity index (χ4n) is 2.62. The molecule has 0 bridgehead atoms. The molecule has 0 radical (unpaired) electrons. The van der Waals surface area contributed by atoms with Crippen LogP contribution in [-0.2, 0) is 22.6 Å². The lowest BCUT2D eigenvalue weighted by molar-refractivity contribution is -0.142. The Bertz CT molecular complexity index is 519. The zero-order valence-corrected chi connectivity index (χ0v) is 10.5. The van der Waals surface area contributed by atoms with Crippen LogP contribution in [0, 0.1) is 0 Å². The molecule has 0 aromatic carbocycles. The fraction of sp³-hybridized carbons (Fsp3) is 0.583. The normalized spacial score (nSPS) is 22.3. The third-order valence-electron chi connectivity index (χ3n) is 3.63. The number of rotatable bonds is 2. The Morgan fingerprint density at radius 2 is 2.26 bits per heavy atom. The molecule has 1 atom stereocenters. The van der Waals surface area contributed by atoms with E-state index in [0.717, 1.165) is 12.8 Å². The maximum atomic E-state index is 12.2. The molecule has 1 fully saturated rings. The van der Waals surface area contributed by atoms with Gasteiger partial charge in [0.1, 0.15) is 17.6 Å². The highest BCUT2D eigenvalue weighted by Gasteiger charge is 2.31. The minimum atomic E-state index is -0.488. The second-order valence-electron chi connectivity index (χ2n) is 4.84. The number of ether oxygens (including phenoxy) is 1. The maximum absolute atomic E-state index is 12.2. The molecular weight excluding hydrogens is 248 g/mol. The molecule has 0 spiro atoms. The molecule has 7 nitrogen and oxygen atoms in total. The Labute approximate surface area is 110 Å². The van der Waals surface area contributed by atoms with E-state index in [1.807, 2.05) is 0 Å². The van der Waals surface area contributed by atoms with Crippen molar-refractivity contribution in [3.8, 4) is 0 Å². The largest absolute Gasteiger partial charge is 0.368 e. The molecule has 0 unspecified atom stereocenters. The zero-order valence-electron chi connectivity index (χ0n) is 10.5. The molecule has 2 amide bonds. The number of carbonyl (C=O) groups excluding carboxylic acids is 2. The van der Waals surface area contributed by atoms with Crippen LogP contribution < -0.4 is 5.73 Å². The summed E-state index contributed by atoms with van der Waals surface area (Å²) in [5, 5.41) is 0. The predicted molar refractivity (Wildman–Crippen MR) is 65.1 cm³/mol. The van der Waals surface area contributed by atoms with Crippen LogP contribution in [0.25, 0.3) is 0 Å². The molecule has 1 aromatic rings. The van der Waals surface area contributed by atoms with Gasteiger partial charge in [-0.3, -0.25) is 9.59 Å². The van der Waals surface area contributed by atoms with E-state index in [1.54, 1.807) is 9.47 Å². The second-order valence-corrected chi connectivity index (χ2v) is 4.84. The van der Waals surface area contributed by atoms with Crippen molar-refractivity contribution in [3.05, 3.63) is 17.7 Å². The van der Waals surface area contributed by atoms with Crippen molar-refractivity contribution in [1.82, 2.24) is 14.5 Å². The summed E-state index contributed by atoms with van der Waals surface area (Å²) in [5.41, 5.74) is 5.68. The number of hydrogen-bond donors (Lipinski definition) is 1. The van der Waals surface area contributed by atoms with Gasteiger partial charge in [0.25, 0.3) is 11.8 Å². The zero-order chi connectivity index (χ0) is 13.4. The van der Waals surface area contributed by atoms with Gasteiger partial charge in [-0.25, -0.2) is 4.98 Å². The first-order valence-corrected chi connectivity index (χ1v) is 6.41. The van der Waals surface area contributed by atoms with Gasteiger partial charge in [0.15, 0.2) is 0 Å². The number of carbonyl (C=O) groups is 2. The molecule has 0 aliphatic carbocycles. The van der Waals surface area contributed by atoms with Gasteiger partial charge in [-0.15, -0.1) is 0 Å². The summed E-state index contributed by atoms with van der Waals surface area (Å²) in [7, 11) is 0. The molecule has 3 rings (SSSR count). The molecule has 3 heterocycles. The number of nitrogens with zero attached hydrogens (tertiary/aromatic N) is 3. The van der Waals surface area contributed by atoms with E-state index < -0.39 is 5.91 Å². The smallest absolute Gasteiger partial charge is 0.266 e. The SMILES string of the molecule is NC(=O)c1cnc2n1CCN(C(=O)[C@H]1CCCO1)C2. The lowest BCUT2D eigenvalue weighted by Gasteiger charge is -2.30. The molecule has 2 aliphatic rings. The Kier molecular flexibility index (Phi) is 2.98. The Balaban J connectivity index is 1.75. The van der Waals surface area contributed by atoms with Gasteiger partial charge in [0.05, 0.1) is 12.7 Å². The first-order valence-electron chi connectivity index (χ1n) is 6.41. The Hall–Kier alpha value is -1.89. The monoisotopic (exact) mass is 264 g/mol. The van der Waals surface area contributed by atoms with Gasteiger partial charge >= 0.3 is 0 Å². The van der Waals surface area contributed by atoms with E-state index in [2.05, 4.69) is 4.98 Å². The van der Waals surface area contributed by atoms with E-state index in [0.29, 0.717) is 37.8 Å². The lowest BCUT2D eigenvalue weighted by atomic mass is 10.2. The first kappa shape index (κ1) is 12.2. The highest BCUT2D eigenvalue weighted by Crippen LogP contribution is 2.19. The second kappa shape index (κ2) is 4.65. The van der Waals surface area contributed by atoms with Gasteiger partial charge in [0.2, 0.25) is 0 Å². The highest BCUT2D eigenvalue weighted by molar-refractivity contribution is 5.91. The summed E-state index contributed by atoms with van der Waals surface area (Å²) < 4.78 is 7.19. The molecule has 0 saturated carbocycles. The number of amides is 2. The Morgan fingerprint density at radius 1 is 1.42 bits per heavy atom. The van der Waals surface area contributed by atoms with Crippen molar-refractivity contribution in [1.29, 1.82) is 0 Å². The number of fused-ring (bicyclic) bond motifs is 1. The van der Waals surface area contributed by atoms with Gasteiger partial charge in [-0.2, -0.15) is 0 Å². The average molecular weight is 264 g/mol. The molecule has 2 N–H and O–H groups in total. The quantitative estimate of drug-likeness (QED) is 0.780. The minimum Gasteiger partial charge on any atom is -0.368 e. The standard InChI is InChI=1S/C12H16N4O3/c13-11(17)8-6-14-10-7-15(3-4-16(8)10)12(18)9-2-1-5-19-9/h6,9H,1-5,7H2,(H2,13,17)/t9-/m1/s1. The lowest BCUT2D eigenvalue weighted by Crippen LogP contribution is -2.44. The van der Waals surface area contributed by atoms with Gasteiger partial charge < -0.3 is 19.9 Å². The van der Waals surface area contributed by atoms with Crippen LogP contribution in [0.4, 0.5) is 0 Å². The number of nitrogens with two attached hydrogens (primary N) is 1. The third kappa shape index (κ3) is 2.10. The Morgan fingerprint density at radius 3 is 2.95 bits per heavy atom. The van der Waals surface area contributed by atoms with E-state index in [-0.39, 0.29) is 12.0 Å². The van der Waals surface area contributed by atoms with Gasteiger partial charge in [-0.05, 0) is 12.8 Å². The summed E-state index contributed by atoms with van der Waals surface area (Å²) in [5.74, 6) is 0.233. The summed E-state index contributed by atoms with van der Waals surface area (Å²) in [6, 6.07) is 0. The van der Waals surface area contributed by atoms with Crippen LogP contribution in [0.15, 0.2) is 6.20 Å². The van der Waals surface area contributed by atoms with Gasteiger partial charge in [0, 0.05) is 19.7 Å². The number of aromatic nitrogens is 2. The molecule has 19 heavy (non-hydrogen) atoms. The molecule has 1 saturated heterocycles. The summed E-state index contributed by atoms with van der Waals surface area (Å²) in [4.78, 5) is 29.3. The topological polar surface area (TPSA) is 90.5 Å². The summed E-state index contributed by atoms with van der Waals surface area (Å²) in [6.45, 7) is 2.17. The van der Waals surface area contributed by atoms with E-state index in [9.17, 15) is 9.59 Å². The van der Waals surface area contributed by atoms with Crippen LogP contribution >= 0.6 is 0 Å². The van der Waals surface area contributed by atoms with Crippen molar-refractivity contribution in [2.45, 2.75) is 32.0 Å². The van der Waals surface area contributed by atoms with Crippen LogP contribution in [0.1, 0.15) is 29.2 Å². The van der Waals surface area contributed by atoms with Gasteiger partial charge in [-0.1, -0.05) is 0 Å². The average Bonchev–Trinajstić information content (AvgIpc) is 3.06. The summed E-state index contributed by atoms with van der Waals surface area (Å²) in [6.07, 6.45) is 2.88. The molecule has 102 valence electrons. The first-order chi connectivity index (χ1) is 9.16. The van der Waals surface area contributed by atoms with Crippen LogP contribution in [0.3, 0.4) is 0 Å². The highest BCUT2D eigenvalue weighted by atomic mass is 16.5. The third-order valence-corrected chi connectivity index (χ3v) is 3.63. The van der Waals surface area contributed by atoms with E-state index in [1.165, 1.54) is 6.20 Å². The van der Waals surface area contributed by atoms with Crippen molar-refractivity contribution < 1.29 is 14.3 Å². The van der Waals surface area contributed by atoms with Crippen LogP contribution in [0.5, 0.6) is 0 Å². The number of imidazole rings is 1. The van der Waals surface area contributed by atoms with Crippen molar-refractivity contribution in [3.63, 3.8) is 0 Å². The van der Waals surface area contributed by atoms with E-state index in [4.69, 9.17) is 10.5 Å². The van der Waals surface area contributed by atoms with Crippen LogP contribution in [-0.4, -0.2) is 45.5 Å². The number of primary amides is 1. The van der Waals surface area contributed by atoms with Crippen molar-refractivity contribution in [2.24, 2.45) is 5.73 Å². The fourth-order valence-corrected chi connectivity index (χ4v) is 2.62. The molecular formula is C12H16N4O3. The maximum Gasteiger partial charge on any atom is 0.266 e. The summed E-state index contributed by atoms with van der Waals surface area (Å²) >= 11 is 0. The molecule has 1 aromatic heterocycles.